The Bertz CT molecular complexity index is 410. The average Bonchev–Trinajstić information content (AvgIpc) is 2.55. The third-order valence-corrected chi connectivity index (χ3v) is 3.47. The molecule has 1 aromatic rings. The fourth-order valence-electron chi connectivity index (χ4n) is 1.88. The first-order valence-electron chi connectivity index (χ1n) is 5.07. The minimum Gasteiger partial charge on any atom is -0.383 e. The SMILES string of the molecule is N=C(N)c1c(I)nn(C2CCOCC2)c1N. The molecule has 0 aromatic carbocycles. The minimum atomic E-state index is -0.0276. The number of nitrogens with zero attached hydrogens (tertiary/aromatic N) is 2. The maximum absolute atomic E-state index is 7.46. The molecule has 1 aliphatic rings. The molecule has 0 spiro atoms. The van der Waals surface area contributed by atoms with Gasteiger partial charge in [0.1, 0.15) is 15.4 Å². The van der Waals surface area contributed by atoms with Gasteiger partial charge in [0.2, 0.25) is 0 Å². The van der Waals surface area contributed by atoms with Gasteiger partial charge in [0, 0.05) is 13.2 Å². The van der Waals surface area contributed by atoms with Gasteiger partial charge in [0.15, 0.2) is 0 Å². The highest BCUT2D eigenvalue weighted by atomic mass is 127. The van der Waals surface area contributed by atoms with Gasteiger partial charge in [0.05, 0.1) is 11.6 Å². The van der Waals surface area contributed by atoms with Crippen LogP contribution in [0.2, 0.25) is 0 Å². The Hall–Kier alpha value is -0.830. The Morgan fingerprint density at radius 1 is 1.50 bits per heavy atom. The molecule has 0 radical (unpaired) electrons. The van der Waals surface area contributed by atoms with Gasteiger partial charge in [-0.15, -0.1) is 0 Å². The zero-order chi connectivity index (χ0) is 11.7. The highest BCUT2D eigenvalue weighted by Crippen LogP contribution is 2.27. The number of nitrogen functional groups attached to an aromatic ring is 2. The van der Waals surface area contributed by atoms with Gasteiger partial charge < -0.3 is 16.2 Å². The fraction of sp³-hybridized carbons (Fsp3) is 0.556. The summed E-state index contributed by atoms with van der Waals surface area (Å²) in [5.41, 5.74) is 12.0. The Labute approximate surface area is 107 Å². The molecule has 0 atom stereocenters. The number of anilines is 1. The molecule has 88 valence electrons. The summed E-state index contributed by atoms with van der Waals surface area (Å²) in [5.74, 6) is 0.462. The molecule has 0 unspecified atom stereocenters. The topological polar surface area (TPSA) is 103 Å². The first kappa shape index (κ1) is 11.6. The van der Waals surface area contributed by atoms with Crippen LogP contribution in [0.25, 0.3) is 0 Å². The molecule has 1 aromatic heterocycles. The second kappa shape index (κ2) is 4.58. The first-order valence-corrected chi connectivity index (χ1v) is 6.14. The van der Waals surface area contributed by atoms with Gasteiger partial charge in [-0.1, -0.05) is 0 Å². The van der Waals surface area contributed by atoms with Gasteiger partial charge in [-0.3, -0.25) is 5.41 Å². The minimum absolute atomic E-state index is 0.0276. The number of amidine groups is 1. The van der Waals surface area contributed by atoms with E-state index in [-0.39, 0.29) is 11.9 Å². The van der Waals surface area contributed by atoms with Crippen LogP contribution in [-0.2, 0) is 4.74 Å². The lowest BCUT2D eigenvalue weighted by Crippen LogP contribution is -2.22. The Kier molecular flexibility index (Phi) is 3.33. The van der Waals surface area contributed by atoms with Crippen molar-refractivity contribution in [3.63, 3.8) is 0 Å². The zero-order valence-electron chi connectivity index (χ0n) is 8.74. The van der Waals surface area contributed by atoms with Crippen LogP contribution in [0.3, 0.4) is 0 Å². The molecule has 7 heteroatoms. The lowest BCUT2D eigenvalue weighted by molar-refractivity contribution is 0.0668. The molecule has 16 heavy (non-hydrogen) atoms. The molecule has 0 saturated carbocycles. The van der Waals surface area contributed by atoms with Crippen LogP contribution in [0, 0.1) is 9.11 Å². The summed E-state index contributed by atoms with van der Waals surface area (Å²) in [7, 11) is 0. The van der Waals surface area contributed by atoms with E-state index in [1.165, 1.54) is 0 Å². The van der Waals surface area contributed by atoms with E-state index in [0.29, 0.717) is 15.1 Å². The second-order valence-electron chi connectivity index (χ2n) is 3.75. The number of halogens is 1. The molecule has 1 fully saturated rings. The van der Waals surface area contributed by atoms with Crippen molar-refractivity contribution in [1.29, 1.82) is 5.41 Å². The largest absolute Gasteiger partial charge is 0.383 e. The number of hydrogen-bond donors (Lipinski definition) is 3. The number of aromatic nitrogens is 2. The third kappa shape index (κ3) is 2.01. The molecule has 2 rings (SSSR count). The molecule has 2 heterocycles. The Balaban J connectivity index is 2.34. The molecule has 1 aliphatic heterocycles. The van der Waals surface area contributed by atoms with E-state index in [1.807, 2.05) is 0 Å². The van der Waals surface area contributed by atoms with E-state index < -0.39 is 0 Å². The number of nitrogens with one attached hydrogen (secondary N) is 1. The summed E-state index contributed by atoms with van der Waals surface area (Å²) in [6, 6.07) is 0.260. The highest BCUT2D eigenvalue weighted by molar-refractivity contribution is 14.1. The second-order valence-corrected chi connectivity index (χ2v) is 4.77. The summed E-state index contributed by atoms with van der Waals surface area (Å²) in [6.45, 7) is 1.46. The molecule has 0 bridgehead atoms. The van der Waals surface area contributed by atoms with Crippen LogP contribution in [-0.4, -0.2) is 28.8 Å². The smallest absolute Gasteiger partial charge is 0.136 e. The Morgan fingerprint density at radius 2 is 2.12 bits per heavy atom. The molecular formula is C9H14IN5O. The van der Waals surface area contributed by atoms with Gasteiger partial charge in [-0.05, 0) is 35.4 Å². The van der Waals surface area contributed by atoms with Crippen molar-refractivity contribution in [2.24, 2.45) is 5.73 Å². The van der Waals surface area contributed by atoms with Crippen LogP contribution in [0.5, 0.6) is 0 Å². The summed E-state index contributed by atoms with van der Waals surface area (Å²) in [5, 5.41) is 11.8. The van der Waals surface area contributed by atoms with E-state index in [1.54, 1.807) is 4.68 Å². The lowest BCUT2D eigenvalue weighted by atomic mass is 10.1. The summed E-state index contributed by atoms with van der Waals surface area (Å²) < 4.78 is 7.76. The average molecular weight is 335 g/mol. The number of ether oxygens (including phenoxy) is 1. The first-order chi connectivity index (χ1) is 7.61. The standard InChI is InChI=1S/C9H14IN5O/c10-7-6(8(11)12)9(13)15(14-7)5-1-3-16-4-2-5/h5H,1-4,13H2,(H3,11,12). The third-order valence-electron chi connectivity index (χ3n) is 2.71. The van der Waals surface area contributed by atoms with E-state index in [9.17, 15) is 0 Å². The quantitative estimate of drug-likeness (QED) is 0.421. The number of nitrogens with two attached hydrogens (primary N) is 2. The fourth-order valence-corrected chi connectivity index (χ4v) is 2.68. The highest BCUT2D eigenvalue weighted by Gasteiger charge is 2.23. The normalized spacial score (nSPS) is 17.6. The molecule has 1 saturated heterocycles. The van der Waals surface area contributed by atoms with Crippen LogP contribution in [0.4, 0.5) is 5.82 Å². The van der Waals surface area contributed by atoms with Crippen LogP contribution < -0.4 is 11.5 Å². The maximum atomic E-state index is 7.46. The van der Waals surface area contributed by atoms with E-state index in [2.05, 4.69) is 27.7 Å². The van der Waals surface area contributed by atoms with E-state index >= 15 is 0 Å². The monoisotopic (exact) mass is 335 g/mol. The number of hydrogen-bond acceptors (Lipinski definition) is 4. The van der Waals surface area contributed by atoms with Crippen molar-refractivity contribution in [1.82, 2.24) is 9.78 Å². The van der Waals surface area contributed by atoms with Crippen molar-refractivity contribution in [3.05, 3.63) is 9.26 Å². The van der Waals surface area contributed by atoms with Crippen molar-refractivity contribution < 1.29 is 4.74 Å². The summed E-state index contributed by atoms with van der Waals surface area (Å²) >= 11 is 2.05. The van der Waals surface area contributed by atoms with Crippen LogP contribution in [0.1, 0.15) is 24.4 Å². The van der Waals surface area contributed by atoms with Crippen molar-refractivity contribution in [3.8, 4) is 0 Å². The zero-order valence-corrected chi connectivity index (χ0v) is 10.9. The van der Waals surface area contributed by atoms with Crippen molar-refractivity contribution in [2.45, 2.75) is 18.9 Å². The van der Waals surface area contributed by atoms with Crippen molar-refractivity contribution >= 4 is 34.2 Å². The molecule has 5 N–H and O–H groups in total. The van der Waals surface area contributed by atoms with Gasteiger partial charge in [-0.2, -0.15) is 5.10 Å². The van der Waals surface area contributed by atoms with Crippen LogP contribution in [0.15, 0.2) is 0 Å². The van der Waals surface area contributed by atoms with Crippen molar-refractivity contribution in [2.75, 3.05) is 18.9 Å². The van der Waals surface area contributed by atoms with Gasteiger partial charge in [0.25, 0.3) is 0 Å². The maximum Gasteiger partial charge on any atom is 0.136 e. The Morgan fingerprint density at radius 3 is 2.62 bits per heavy atom. The van der Waals surface area contributed by atoms with Gasteiger partial charge >= 0.3 is 0 Å². The predicted octanol–water partition coefficient (Wildman–Crippen LogP) is 0.705. The molecule has 0 aliphatic carbocycles. The summed E-state index contributed by atoms with van der Waals surface area (Å²) in [4.78, 5) is 0. The van der Waals surface area contributed by atoms with E-state index in [0.717, 1.165) is 26.1 Å². The van der Waals surface area contributed by atoms with Crippen LogP contribution >= 0.6 is 22.6 Å². The molecule has 0 amide bonds. The molecular weight excluding hydrogens is 321 g/mol. The van der Waals surface area contributed by atoms with Gasteiger partial charge in [-0.25, -0.2) is 4.68 Å². The predicted molar refractivity (Wildman–Crippen MR) is 69.5 cm³/mol. The molecule has 6 nitrogen and oxygen atoms in total. The number of rotatable bonds is 2. The van der Waals surface area contributed by atoms with E-state index in [4.69, 9.17) is 21.6 Å². The lowest BCUT2D eigenvalue weighted by Gasteiger charge is -2.23. The summed E-state index contributed by atoms with van der Waals surface area (Å²) in [6.07, 6.45) is 1.80.